The second-order valence-electron chi connectivity index (χ2n) is 8.47. The van der Waals surface area contributed by atoms with E-state index in [9.17, 15) is 10.1 Å². The molecule has 5 unspecified atom stereocenters. The van der Waals surface area contributed by atoms with Crippen LogP contribution in [0.15, 0.2) is 28.4 Å². The third-order valence-corrected chi connectivity index (χ3v) is 5.55. The van der Waals surface area contributed by atoms with Gasteiger partial charge in [0.1, 0.15) is 40.7 Å². The molecule has 31 heavy (non-hydrogen) atoms. The van der Waals surface area contributed by atoms with E-state index in [2.05, 4.69) is 26.2 Å². The van der Waals surface area contributed by atoms with Crippen LogP contribution >= 0.6 is 15.9 Å². The maximum absolute atomic E-state index is 12.6. The van der Waals surface area contributed by atoms with Crippen molar-refractivity contribution in [3.05, 3.63) is 34.1 Å². The third-order valence-electron chi connectivity index (χ3n) is 5.11. The average Bonchev–Trinajstić information content (AvgIpc) is 3.18. The van der Waals surface area contributed by atoms with Crippen molar-refractivity contribution in [2.75, 3.05) is 6.54 Å². The summed E-state index contributed by atoms with van der Waals surface area (Å²) in [5.74, 6) is -2.17. The van der Waals surface area contributed by atoms with E-state index in [4.69, 9.17) is 23.7 Å². The van der Waals surface area contributed by atoms with E-state index in [1.54, 1.807) is 32.0 Å². The summed E-state index contributed by atoms with van der Waals surface area (Å²) >= 11 is 3.27. The van der Waals surface area contributed by atoms with Crippen molar-refractivity contribution >= 4 is 27.9 Å². The zero-order valence-electron chi connectivity index (χ0n) is 17.6. The first-order valence-electron chi connectivity index (χ1n) is 9.96. The number of halogens is 1. The molecular formula is C21H24BrN3O6. The standard InChI is InChI=1S/C21H24BrN3O6/c1-20(2)28-15-13(27-19-17(16(15)29-20)30-21(3,4)31-19)10-24-18(26)11(9-23)8-12-6-5-7-14(22)25-12/h5-8,13,15-17,19H,10H2,1-4H3,(H,24,26). The Bertz CT molecular complexity index is 943. The number of fused-ring (bicyclic) bond motifs is 3. The van der Waals surface area contributed by atoms with Crippen LogP contribution in [0, 0.1) is 11.3 Å². The smallest absolute Gasteiger partial charge is 0.262 e. The SMILES string of the molecule is CC1(C)OC2OC(CNC(=O)C(C#N)=Cc3cccc(Br)n3)C3OC(C)(C)OC3C2O1. The van der Waals surface area contributed by atoms with E-state index in [0.717, 1.165) is 0 Å². The van der Waals surface area contributed by atoms with Crippen molar-refractivity contribution < 1.29 is 28.5 Å². The molecule has 4 rings (SSSR count). The molecule has 1 amide bonds. The van der Waals surface area contributed by atoms with Gasteiger partial charge < -0.3 is 29.0 Å². The van der Waals surface area contributed by atoms with Gasteiger partial charge in [0.05, 0.1) is 5.69 Å². The molecule has 5 atom stereocenters. The molecule has 10 heteroatoms. The first-order valence-corrected chi connectivity index (χ1v) is 10.8. The van der Waals surface area contributed by atoms with Crippen molar-refractivity contribution in [3.8, 4) is 6.07 Å². The normalized spacial score (nSPS) is 33.3. The van der Waals surface area contributed by atoms with Gasteiger partial charge in [-0.2, -0.15) is 5.26 Å². The van der Waals surface area contributed by atoms with Gasteiger partial charge in [0.15, 0.2) is 17.9 Å². The fourth-order valence-corrected chi connectivity index (χ4v) is 4.30. The molecule has 3 aliphatic heterocycles. The Morgan fingerprint density at radius 1 is 1.16 bits per heavy atom. The largest absolute Gasteiger partial charge is 0.349 e. The van der Waals surface area contributed by atoms with Gasteiger partial charge in [0, 0.05) is 6.54 Å². The van der Waals surface area contributed by atoms with Crippen molar-refractivity contribution in [3.63, 3.8) is 0 Å². The fraction of sp³-hybridized carbons (Fsp3) is 0.571. The Labute approximate surface area is 188 Å². The van der Waals surface area contributed by atoms with E-state index in [1.165, 1.54) is 6.08 Å². The second-order valence-corrected chi connectivity index (χ2v) is 9.29. The molecule has 166 valence electrons. The van der Waals surface area contributed by atoms with Gasteiger partial charge in [-0.05, 0) is 61.8 Å². The maximum atomic E-state index is 12.6. The summed E-state index contributed by atoms with van der Waals surface area (Å²) in [6, 6.07) is 7.15. The first kappa shape index (κ1) is 22.3. The second kappa shape index (κ2) is 8.24. The Morgan fingerprint density at radius 3 is 2.55 bits per heavy atom. The van der Waals surface area contributed by atoms with E-state index < -0.39 is 48.2 Å². The lowest BCUT2D eigenvalue weighted by Crippen LogP contribution is -2.57. The number of aromatic nitrogens is 1. The summed E-state index contributed by atoms with van der Waals surface area (Å²) in [5.41, 5.74) is 0.423. The number of nitrogens with zero attached hydrogens (tertiary/aromatic N) is 2. The van der Waals surface area contributed by atoms with Crippen molar-refractivity contribution in [2.24, 2.45) is 0 Å². The highest BCUT2D eigenvalue weighted by Gasteiger charge is 2.60. The van der Waals surface area contributed by atoms with Gasteiger partial charge in [0.2, 0.25) is 0 Å². The maximum Gasteiger partial charge on any atom is 0.262 e. The van der Waals surface area contributed by atoms with Crippen LogP contribution < -0.4 is 5.32 Å². The molecule has 0 spiro atoms. The minimum atomic E-state index is -0.823. The number of ether oxygens (including phenoxy) is 5. The minimum Gasteiger partial charge on any atom is -0.349 e. The van der Waals surface area contributed by atoms with Gasteiger partial charge in [-0.3, -0.25) is 4.79 Å². The molecule has 3 aliphatic rings. The summed E-state index contributed by atoms with van der Waals surface area (Å²) in [5, 5.41) is 12.2. The van der Waals surface area contributed by atoms with Crippen LogP contribution in [0.4, 0.5) is 0 Å². The summed E-state index contributed by atoms with van der Waals surface area (Å²) in [6.07, 6.45) is -1.07. The molecular weight excluding hydrogens is 470 g/mol. The predicted molar refractivity (Wildman–Crippen MR) is 111 cm³/mol. The third kappa shape index (κ3) is 4.82. The topological polar surface area (TPSA) is 112 Å². The Morgan fingerprint density at radius 2 is 1.84 bits per heavy atom. The highest BCUT2D eigenvalue weighted by atomic mass is 79.9. The van der Waals surface area contributed by atoms with Crippen LogP contribution in [-0.2, 0) is 28.5 Å². The van der Waals surface area contributed by atoms with Crippen LogP contribution in [-0.4, -0.2) is 59.7 Å². The quantitative estimate of drug-likeness (QED) is 0.386. The van der Waals surface area contributed by atoms with Gasteiger partial charge in [0.25, 0.3) is 5.91 Å². The van der Waals surface area contributed by atoms with Crippen LogP contribution in [0.5, 0.6) is 0 Å². The number of nitrogens with one attached hydrogen (secondary N) is 1. The number of nitriles is 1. The highest BCUT2D eigenvalue weighted by molar-refractivity contribution is 9.10. The highest BCUT2D eigenvalue weighted by Crippen LogP contribution is 2.43. The van der Waals surface area contributed by atoms with E-state index in [1.807, 2.05) is 19.9 Å². The number of hydrogen-bond donors (Lipinski definition) is 1. The van der Waals surface area contributed by atoms with E-state index >= 15 is 0 Å². The van der Waals surface area contributed by atoms with Crippen LogP contribution in [0.2, 0.25) is 0 Å². The molecule has 0 aromatic carbocycles. The van der Waals surface area contributed by atoms with Crippen LogP contribution in [0.25, 0.3) is 6.08 Å². The molecule has 3 fully saturated rings. The monoisotopic (exact) mass is 493 g/mol. The molecule has 1 aromatic heterocycles. The van der Waals surface area contributed by atoms with Gasteiger partial charge in [-0.15, -0.1) is 0 Å². The van der Waals surface area contributed by atoms with E-state index in [0.29, 0.717) is 10.3 Å². The lowest BCUT2D eigenvalue weighted by Gasteiger charge is -2.37. The minimum absolute atomic E-state index is 0.0682. The number of amides is 1. The Hall–Kier alpha value is -1.87. The zero-order valence-corrected chi connectivity index (χ0v) is 19.2. The number of hydrogen-bond acceptors (Lipinski definition) is 8. The van der Waals surface area contributed by atoms with Crippen LogP contribution in [0.3, 0.4) is 0 Å². The van der Waals surface area contributed by atoms with Gasteiger partial charge >= 0.3 is 0 Å². The average molecular weight is 494 g/mol. The fourth-order valence-electron chi connectivity index (χ4n) is 3.95. The number of rotatable bonds is 4. The van der Waals surface area contributed by atoms with Crippen molar-refractivity contribution in [1.82, 2.24) is 10.3 Å². The molecule has 9 nitrogen and oxygen atoms in total. The lowest BCUT2D eigenvalue weighted by molar-refractivity contribution is -0.232. The molecule has 0 saturated carbocycles. The first-order chi connectivity index (χ1) is 14.6. The zero-order chi connectivity index (χ0) is 22.4. The molecule has 0 bridgehead atoms. The number of pyridine rings is 1. The summed E-state index contributed by atoms with van der Waals surface area (Å²) in [4.78, 5) is 16.9. The summed E-state index contributed by atoms with van der Waals surface area (Å²) < 4.78 is 30.6. The Balaban J connectivity index is 1.47. The molecule has 4 heterocycles. The van der Waals surface area contributed by atoms with Crippen molar-refractivity contribution in [2.45, 2.75) is 70.0 Å². The van der Waals surface area contributed by atoms with Gasteiger partial charge in [-0.25, -0.2) is 4.98 Å². The molecule has 0 radical (unpaired) electrons. The number of carbonyl (C=O) groups is 1. The lowest BCUT2D eigenvalue weighted by atomic mass is 9.99. The predicted octanol–water partition coefficient (Wildman–Crippen LogP) is 2.26. The summed E-state index contributed by atoms with van der Waals surface area (Å²) in [7, 11) is 0. The van der Waals surface area contributed by atoms with Crippen LogP contribution in [0.1, 0.15) is 33.4 Å². The van der Waals surface area contributed by atoms with Crippen molar-refractivity contribution in [1.29, 1.82) is 5.26 Å². The summed E-state index contributed by atoms with van der Waals surface area (Å²) in [6.45, 7) is 7.36. The Kier molecular flexibility index (Phi) is 5.93. The molecule has 3 saturated heterocycles. The molecule has 1 aromatic rings. The van der Waals surface area contributed by atoms with E-state index in [-0.39, 0.29) is 12.1 Å². The number of carbonyl (C=O) groups excluding carboxylic acids is 1. The van der Waals surface area contributed by atoms with Gasteiger partial charge in [-0.1, -0.05) is 6.07 Å². The molecule has 1 N–H and O–H groups in total. The molecule has 0 aliphatic carbocycles.